The van der Waals surface area contributed by atoms with E-state index in [0.29, 0.717) is 5.02 Å². The van der Waals surface area contributed by atoms with Crippen LogP contribution in [0.1, 0.15) is 22.7 Å². The van der Waals surface area contributed by atoms with Crippen molar-refractivity contribution in [2.24, 2.45) is 0 Å². The van der Waals surface area contributed by atoms with Crippen LogP contribution >= 0.6 is 39.1 Å². The lowest BCUT2D eigenvalue weighted by atomic mass is 9.88. The highest BCUT2D eigenvalue weighted by Gasteiger charge is 2.28. The van der Waals surface area contributed by atoms with Gasteiger partial charge in [0.15, 0.2) is 0 Å². The van der Waals surface area contributed by atoms with Crippen LogP contribution in [0.15, 0.2) is 40.9 Å². The molecule has 2 aromatic carbocycles. The van der Waals surface area contributed by atoms with Crippen molar-refractivity contribution in [2.45, 2.75) is 12.5 Å². The van der Waals surface area contributed by atoms with Crippen LogP contribution < -0.4 is 0 Å². The minimum atomic E-state index is 0.181. The molecule has 0 amide bonds. The smallest absolute Gasteiger partial charge is 0.0617 e. The first kappa shape index (κ1) is 14.4. The zero-order valence-electron chi connectivity index (χ0n) is 11.0. The summed E-state index contributed by atoms with van der Waals surface area (Å²) in [6, 6.07) is 12.5. The Labute approximate surface area is 137 Å². The van der Waals surface area contributed by atoms with Crippen LogP contribution in [-0.4, -0.2) is 18.5 Å². The third kappa shape index (κ3) is 2.62. The molecule has 0 radical (unpaired) electrons. The molecule has 0 spiro atoms. The van der Waals surface area contributed by atoms with E-state index in [1.807, 2.05) is 18.2 Å². The SMILES string of the molecule is CN1CCc2cc(Cl)cc(Cl)c2C1c1cccc(Br)c1. The van der Waals surface area contributed by atoms with Crippen LogP contribution in [0.5, 0.6) is 0 Å². The molecule has 1 aliphatic heterocycles. The van der Waals surface area contributed by atoms with E-state index in [9.17, 15) is 0 Å². The van der Waals surface area contributed by atoms with Gasteiger partial charge in [0.2, 0.25) is 0 Å². The maximum Gasteiger partial charge on any atom is 0.0617 e. The molecule has 0 saturated heterocycles. The van der Waals surface area contributed by atoms with Crippen molar-refractivity contribution >= 4 is 39.1 Å². The van der Waals surface area contributed by atoms with Crippen molar-refractivity contribution in [2.75, 3.05) is 13.6 Å². The fraction of sp³-hybridized carbons (Fsp3) is 0.250. The van der Waals surface area contributed by atoms with E-state index in [4.69, 9.17) is 23.2 Å². The summed E-state index contributed by atoms with van der Waals surface area (Å²) in [7, 11) is 2.14. The molecule has 4 heteroatoms. The van der Waals surface area contributed by atoms with E-state index in [2.05, 4.69) is 46.1 Å². The molecule has 0 aromatic heterocycles. The Hall–Kier alpha value is -0.540. The Kier molecular flexibility index (Phi) is 4.09. The molecule has 0 saturated carbocycles. The van der Waals surface area contributed by atoms with Crippen LogP contribution in [0.25, 0.3) is 0 Å². The third-order valence-electron chi connectivity index (χ3n) is 3.79. The summed E-state index contributed by atoms with van der Waals surface area (Å²) in [6.07, 6.45) is 0.983. The summed E-state index contributed by atoms with van der Waals surface area (Å²) < 4.78 is 1.08. The van der Waals surface area contributed by atoms with E-state index in [0.717, 1.165) is 22.5 Å². The Bertz CT molecular complexity index is 657. The highest BCUT2D eigenvalue weighted by atomic mass is 79.9. The molecular formula is C16H14BrCl2N. The lowest BCUT2D eigenvalue weighted by Gasteiger charge is -2.35. The molecule has 2 aromatic rings. The minimum absolute atomic E-state index is 0.181. The second-order valence-corrected chi connectivity index (χ2v) is 6.91. The van der Waals surface area contributed by atoms with Crippen LogP contribution in [0.4, 0.5) is 0 Å². The highest BCUT2D eigenvalue weighted by Crippen LogP contribution is 2.40. The molecule has 0 bridgehead atoms. The lowest BCUT2D eigenvalue weighted by molar-refractivity contribution is 0.265. The average molecular weight is 371 g/mol. The Morgan fingerprint density at radius 2 is 2.00 bits per heavy atom. The molecule has 1 nitrogen and oxygen atoms in total. The number of fused-ring (bicyclic) bond motifs is 1. The van der Waals surface area contributed by atoms with E-state index >= 15 is 0 Å². The summed E-state index contributed by atoms with van der Waals surface area (Å²) in [5.41, 5.74) is 3.68. The van der Waals surface area contributed by atoms with Crippen molar-refractivity contribution in [1.82, 2.24) is 4.90 Å². The molecule has 1 heterocycles. The first-order chi connectivity index (χ1) is 9.56. The number of benzene rings is 2. The second-order valence-electron chi connectivity index (χ2n) is 5.15. The van der Waals surface area contributed by atoms with E-state index in [1.54, 1.807) is 0 Å². The molecule has 0 N–H and O–H groups in total. The number of halogens is 3. The standard InChI is InChI=1S/C16H14BrCl2N/c1-20-6-5-10-8-13(18)9-14(19)15(10)16(20)11-3-2-4-12(17)7-11/h2-4,7-9,16H,5-6H2,1H3. The number of rotatable bonds is 1. The first-order valence-corrected chi connectivity index (χ1v) is 8.04. The van der Waals surface area contributed by atoms with Gasteiger partial charge in [0.25, 0.3) is 0 Å². The predicted octanol–water partition coefficient (Wildman–Crippen LogP) is 5.33. The molecular weight excluding hydrogens is 357 g/mol. The number of nitrogens with zero attached hydrogens (tertiary/aromatic N) is 1. The van der Waals surface area contributed by atoms with Gasteiger partial charge in [-0.3, -0.25) is 4.90 Å². The monoisotopic (exact) mass is 369 g/mol. The molecule has 3 rings (SSSR count). The maximum absolute atomic E-state index is 6.47. The molecule has 104 valence electrons. The van der Waals surface area contributed by atoms with Crippen molar-refractivity contribution in [1.29, 1.82) is 0 Å². The van der Waals surface area contributed by atoms with E-state index in [-0.39, 0.29) is 6.04 Å². The van der Waals surface area contributed by atoms with Gasteiger partial charge in [-0.05, 0) is 54.4 Å². The average Bonchev–Trinajstić information content (AvgIpc) is 2.39. The minimum Gasteiger partial charge on any atom is -0.295 e. The summed E-state index contributed by atoms with van der Waals surface area (Å²) >= 11 is 16.2. The van der Waals surface area contributed by atoms with Gasteiger partial charge in [-0.15, -0.1) is 0 Å². The summed E-state index contributed by atoms with van der Waals surface area (Å²) in [4.78, 5) is 2.34. The Balaban J connectivity index is 2.17. The second kappa shape index (κ2) is 5.69. The van der Waals surface area contributed by atoms with Gasteiger partial charge >= 0.3 is 0 Å². The van der Waals surface area contributed by atoms with Crippen molar-refractivity contribution < 1.29 is 0 Å². The van der Waals surface area contributed by atoms with Crippen LogP contribution in [0.2, 0.25) is 10.0 Å². The quantitative estimate of drug-likeness (QED) is 0.655. The predicted molar refractivity (Wildman–Crippen MR) is 88.8 cm³/mol. The molecule has 1 atom stereocenters. The Morgan fingerprint density at radius 3 is 2.75 bits per heavy atom. The topological polar surface area (TPSA) is 3.24 Å². The summed E-state index contributed by atoms with van der Waals surface area (Å²) in [5, 5.41) is 1.47. The molecule has 1 aliphatic rings. The van der Waals surface area contributed by atoms with E-state index in [1.165, 1.54) is 16.7 Å². The summed E-state index contributed by atoms with van der Waals surface area (Å²) in [6.45, 7) is 1.00. The van der Waals surface area contributed by atoms with Crippen LogP contribution in [0, 0.1) is 0 Å². The third-order valence-corrected chi connectivity index (χ3v) is 4.82. The van der Waals surface area contributed by atoms with Crippen LogP contribution in [-0.2, 0) is 6.42 Å². The van der Waals surface area contributed by atoms with Gasteiger partial charge < -0.3 is 0 Å². The van der Waals surface area contributed by atoms with Gasteiger partial charge in [0, 0.05) is 21.1 Å². The maximum atomic E-state index is 6.47. The number of likely N-dealkylation sites (N-methyl/N-ethyl adjacent to an activating group) is 1. The first-order valence-electron chi connectivity index (χ1n) is 6.50. The van der Waals surface area contributed by atoms with Gasteiger partial charge in [0.05, 0.1) is 6.04 Å². The number of hydrogen-bond donors (Lipinski definition) is 0. The zero-order valence-corrected chi connectivity index (χ0v) is 14.1. The molecule has 1 unspecified atom stereocenters. The van der Waals surface area contributed by atoms with Crippen LogP contribution in [0.3, 0.4) is 0 Å². The molecule has 20 heavy (non-hydrogen) atoms. The van der Waals surface area contributed by atoms with Gasteiger partial charge in [-0.2, -0.15) is 0 Å². The largest absolute Gasteiger partial charge is 0.295 e. The highest BCUT2D eigenvalue weighted by molar-refractivity contribution is 9.10. The normalized spacial score (nSPS) is 18.9. The van der Waals surface area contributed by atoms with Crippen molar-refractivity contribution in [3.05, 3.63) is 67.6 Å². The van der Waals surface area contributed by atoms with Crippen molar-refractivity contribution in [3.8, 4) is 0 Å². The fourth-order valence-corrected chi connectivity index (χ4v) is 3.95. The van der Waals surface area contributed by atoms with E-state index < -0.39 is 0 Å². The van der Waals surface area contributed by atoms with Gasteiger partial charge in [-0.25, -0.2) is 0 Å². The molecule has 0 fully saturated rings. The fourth-order valence-electron chi connectivity index (χ4n) is 2.90. The summed E-state index contributed by atoms with van der Waals surface area (Å²) in [5.74, 6) is 0. The zero-order chi connectivity index (χ0) is 14.3. The van der Waals surface area contributed by atoms with Gasteiger partial charge in [0.1, 0.15) is 0 Å². The number of hydrogen-bond acceptors (Lipinski definition) is 1. The van der Waals surface area contributed by atoms with Gasteiger partial charge in [-0.1, -0.05) is 51.3 Å². The molecule has 0 aliphatic carbocycles. The van der Waals surface area contributed by atoms with Crippen molar-refractivity contribution in [3.63, 3.8) is 0 Å². The lowest BCUT2D eigenvalue weighted by Crippen LogP contribution is -2.33. The Morgan fingerprint density at radius 1 is 1.20 bits per heavy atom.